The molecular weight excluding hydrogens is 340 g/mol. The lowest BCUT2D eigenvalue weighted by molar-refractivity contribution is 0.00239. The van der Waals surface area contributed by atoms with Crippen molar-refractivity contribution in [1.82, 2.24) is 0 Å². The zero-order chi connectivity index (χ0) is 19.3. The van der Waals surface area contributed by atoms with E-state index in [1.807, 2.05) is 0 Å². The highest BCUT2D eigenvalue weighted by atomic mass is 16.5. The molecule has 0 atom stereocenters. The molecular formula is C23H30O4. The normalized spacial score (nSPS) is 14.2. The second-order valence-electron chi connectivity index (χ2n) is 7.43. The molecule has 0 bridgehead atoms. The van der Waals surface area contributed by atoms with E-state index in [9.17, 15) is 0 Å². The third kappa shape index (κ3) is 4.41. The maximum absolute atomic E-state index is 8.65. The largest absolute Gasteiger partial charge is 0.394 e. The molecule has 0 radical (unpaired) electrons. The number of aryl methyl sites for hydroxylation is 2. The molecule has 0 saturated carbocycles. The Morgan fingerprint density at radius 1 is 0.741 bits per heavy atom. The van der Waals surface area contributed by atoms with Crippen molar-refractivity contribution in [2.45, 2.75) is 26.2 Å². The highest BCUT2D eigenvalue weighted by molar-refractivity contribution is 5.81. The molecule has 0 amide bonds. The number of aliphatic hydroxyl groups excluding tert-OH is 1. The van der Waals surface area contributed by atoms with Gasteiger partial charge in [0.1, 0.15) is 0 Å². The van der Waals surface area contributed by atoms with Crippen molar-refractivity contribution in [2.75, 3.05) is 46.2 Å². The fourth-order valence-electron chi connectivity index (χ4n) is 3.78. The standard InChI is InChI=1S/C23H30O4/c1-17-4-6-19-20-7-5-18(2)15-22(20)23(3,21(19)14-17)16-27-13-12-26-11-10-25-9-8-24/h4-7,14-15,24H,8-13,16H2,1-3H3. The van der Waals surface area contributed by atoms with Crippen LogP contribution in [-0.2, 0) is 19.6 Å². The van der Waals surface area contributed by atoms with Gasteiger partial charge in [-0.15, -0.1) is 0 Å². The predicted molar refractivity (Wildman–Crippen MR) is 107 cm³/mol. The molecule has 0 aromatic heterocycles. The Kier molecular flexibility index (Phi) is 6.66. The number of ether oxygens (including phenoxy) is 3. The molecule has 1 N–H and O–H groups in total. The van der Waals surface area contributed by atoms with Crippen molar-refractivity contribution in [3.8, 4) is 11.1 Å². The van der Waals surface area contributed by atoms with E-state index >= 15 is 0 Å². The Labute approximate surface area is 162 Å². The topological polar surface area (TPSA) is 47.9 Å². The maximum Gasteiger partial charge on any atom is 0.0701 e. The van der Waals surface area contributed by atoms with E-state index in [2.05, 4.69) is 57.2 Å². The number of hydrogen-bond donors (Lipinski definition) is 1. The molecule has 2 aromatic rings. The Morgan fingerprint density at radius 2 is 1.22 bits per heavy atom. The van der Waals surface area contributed by atoms with Crippen molar-refractivity contribution in [3.63, 3.8) is 0 Å². The van der Waals surface area contributed by atoms with Gasteiger partial charge >= 0.3 is 0 Å². The number of benzene rings is 2. The summed E-state index contributed by atoms with van der Waals surface area (Å²) in [6, 6.07) is 13.4. The Morgan fingerprint density at radius 3 is 1.74 bits per heavy atom. The molecule has 4 heteroatoms. The Bertz CT molecular complexity index is 717. The van der Waals surface area contributed by atoms with Crippen molar-refractivity contribution in [3.05, 3.63) is 58.7 Å². The lowest BCUT2D eigenvalue weighted by atomic mass is 9.80. The molecule has 1 aliphatic rings. The summed E-state index contributed by atoms with van der Waals surface area (Å²) in [6.07, 6.45) is 0. The summed E-state index contributed by atoms with van der Waals surface area (Å²) in [5, 5.41) is 8.65. The van der Waals surface area contributed by atoms with Crippen LogP contribution < -0.4 is 0 Å². The second-order valence-corrected chi connectivity index (χ2v) is 7.43. The van der Waals surface area contributed by atoms with Crippen molar-refractivity contribution >= 4 is 0 Å². The van der Waals surface area contributed by atoms with Gasteiger partial charge in [0.25, 0.3) is 0 Å². The molecule has 0 spiro atoms. The van der Waals surface area contributed by atoms with Crippen molar-refractivity contribution in [1.29, 1.82) is 0 Å². The molecule has 4 nitrogen and oxygen atoms in total. The first kappa shape index (κ1) is 20.0. The number of fused-ring (bicyclic) bond motifs is 3. The van der Waals surface area contributed by atoms with E-state index in [1.54, 1.807) is 0 Å². The highest BCUT2D eigenvalue weighted by Gasteiger charge is 2.39. The zero-order valence-corrected chi connectivity index (χ0v) is 16.6. The molecule has 0 heterocycles. The Balaban J connectivity index is 1.63. The van der Waals surface area contributed by atoms with Crippen LogP contribution in [0.1, 0.15) is 29.2 Å². The van der Waals surface area contributed by atoms with Gasteiger partial charge in [0.15, 0.2) is 0 Å². The lowest BCUT2D eigenvalue weighted by Crippen LogP contribution is -2.28. The van der Waals surface area contributed by atoms with Gasteiger partial charge in [-0.1, -0.05) is 47.5 Å². The van der Waals surface area contributed by atoms with Crippen LogP contribution in [0.2, 0.25) is 0 Å². The molecule has 146 valence electrons. The summed E-state index contributed by atoms with van der Waals surface area (Å²) in [7, 11) is 0. The van der Waals surface area contributed by atoms with Gasteiger partial charge in [0, 0.05) is 5.41 Å². The predicted octanol–water partition coefficient (Wildman–Crippen LogP) is 3.63. The molecule has 0 unspecified atom stereocenters. The fraction of sp³-hybridized carbons (Fsp3) is 0.478. The van der Waals surface area contributed by atoms with Gasteiger partial charge in [0.2, 0.25) is 0 Å². The van der Waals surface area contributed by atoms with E-state index in [-0.39, 0.29) is 12.0 Å². The summed E-state index contributed by atoms with van der Waals surface area (Å²) in [4.78, 5) is 0. The minimum atomic E-state index is -0.146. The minimum absolute atomic E-state index is 0.0452. The smallest absolute Gasteiger partial charge is 0.0701 e. The minimum Gasteiger partial charge on any atom is -0.394 e. The molecule has 3 rings (SSSR count). The number of hydrogen-bond acceptors (Lipinski definition) is 4. The average Bonchev–Trinajstić information content (AvgIpc) is 2.89. The molecule has 0 saturated heterocycles. The van der Waals surface area contributed by atoms with Crippen LogP contribution in [0.15, 0.2) is 36.4 Å². The molecule has 1 aliphatic carbocycles. The first-order valence-corrected chi connectivity index (χ1v) is 9.63. The van der Waals surface area contributed by atoms with E-state index in [4.69, 9.17) is 19.3 Å². The van der Waals surface area contributed by atoms with Crippen molar-refractivity contribution in [2.24, 2.45) is 0 Å². The Hall–Kier alpha value is -1.72. The van der Waals surface area contributed by atoms with Gasteiger partial charge in [-0.25, -0.2) is 0 Å². The highest BCUT2D eigenvalue weighted by Crippen LogP contribution is 2.49. The van der Waals surface area contributed by atoms with E-state index in [0.717, 1.165) is 0 Å². The van der Waals surface area contributed by atoms with Gasteiger partial charge < -0.3 is 19.3 Å². The third-order valence-electron chi connectivity index (χ3n) is 5.20. The van der Waals surface area contributed by atoms with Gasteiger partial charge in [0.05, 0.1) is 46.2 Å². The third-order valence-corrected chi connectivity index (χ3v) is 5.20. The molecule has 0 fully saturated rings. The van der Waals surface area contributed by atoms with E-state index in [0.29, 0.717) is 39.6 Å². The summed E-state index contributed by atoms with van der Waals surface area (Å²) in [5.41, 5.74) is 7.74. The molecule has 0 aliphatic heterocycles. The van der Waals surface area contributed by atoms with Crippen LogP contribution in [0.3, 0.4) is 0 Å². The summed E-state index contributed by atoms with van der Waals surface area (Å²) < 4.78 is 16.7. The van der Waals surface area contributed by atoms with Crippen LogP contribution in [0, 0.1) is 13.8 Å². The van der Waals surface area contributed by atoms with Gasteiger partial charge in [-0.3, -0.25) is 0 Å². The van der Waals surface area contributed by atoms with Crippen LogP contribution in [-0.4, -0.2) is 51.4 Å². The van der Waals surface area contributed by atoms with E-state index in [1.165, 1.54) is 33.4 Å². The SMILES string of the molecule is Cc1ccc2c(c1)C(C)(COCCOCCOCCO)c1cc(C)ccc1-2. The van der Waals surface area contributed by atoms with Crippen LogP contribution in [0.4, 0.5) is 0 Å². The molecule has 2 aromatic carbocycles. The van der Waals surface area contributed by atoms with Crippen molar-refractivity contribution < 1.29 is 19.3 Å². The first-order valence-electron chi connectivity index (χ1n) is 9.63. The van der Waals surface area contributed by atoms with Gasteiger partial charge in [-0.2, -0.15) is 0 Å². The quantitative estimate of drug-likeness (QED) is 0.649. The van der Waals surface area contributed by atoms with Crippen LogP contribution >= 0.6 is 0 Å². The number of rotatable bonds is 10. The maximum atomic E-state index is 8.65. The molecule has 27 heavy (non-hydrogen) atoms. The average molecular weight is 370 g/mol. The second kappa shape index (κ2) is 8.98. The monoisotopic (exact) mass is 370 g/mol. The summed E-state index contributed by atoms with van der Waals surface area (Å²) in [5.74, 6) is 0. The summed E-state index contributed by atoms with van der Waals surface area (Å²) >= 11 is 0. The fourth-order valence-corrected chi connectivity index (χ4v) is 3.78. The summed E-state index contributed by atoms with van der Waals surface area (Å²) in [6.45, 7) is 9.70. The zero-order valence-electron chi connectivity index (χ0n) is 16.6. The first-order chi connectivity index (χ1) is 13.1. The number of aliphatic hydroxyl groups is 1. The van der Waals surface area contributed by atoms with Crippen LogP contribution in [0.5, 0.6) is 0 Å². The lowest BCUT2D eigenvalue weighted by Gasteiger charge is -2.27. The van der Waals surface area contributed by atoms with Gasteiger partial charge in [-0.05, 0) is 43.0 Å². The van der Waals surface area contributed by atoms with E-state index < -0.39 is 0 Å². The van der Waals surface area contributed by atoms with Crippen LogP contribution in [0.25, 0.3) is 11.1 Å².